The second-order valence-corrected chi connectivity index (χ2v) is 7.41. The zero-order valence-electron chi connectivity index (χ0n) is 17.2. The molecule has 0 amide bonds. The monoisotopic (exact) mass is 577 g/mol. The van der Waals surface area contributed by atoms with Gasteiger partial charge in [0.15, 0.2) is 11.7 Å². The zero-order valence-corrected chi connectivity index (χ0v) is 20.4. The smallest absolute Gasteiger partial charge is 0.434 e. The van der Waals surface area contributed by atoms with Crippen LogP contribution < -0.4 is 15.4 Å². The van der Waals surface area contributed by atoms with Crippen LogP contribution in [0, 0.1) is 0 Å². The maximum Gasteiger partial charge on any atom is 0.434 e. The molecule has 32 heavy (non-hydrogen) atoms. The van der Waals surface area contributed by atoms with Gasteiger partial charge in [0.2, 0.25) is 5.88 Å². The van der Waals surface area contributed by atoms with Gasteiger partial charge in [0.25, 0.3) is 0 Å². The molecule has 0 saturated heterocycles. The summed E-state index contributed by atoms with van der Waals surface area (Å²) >= 11 is 0.995. The predicted molar refractivity (Wildman–Crippen MR) is 129 cm³/mol. The summed E-state index contributed by atoms with van der Waals surface area (Å²) in [5.41, 5.74) is 1.05. The highest BCUT2D eigenvalue weighted by Gasteiger charge is 2.33. The Morgan fingerprint density at radius 1 is 1.12 bits per heavy atom. The van der Waals surface area contributed by atoms with E-state index in [1.54, 1.807) is 13.2 Å². The number of hydrogen-bond acceptors (Lipinski definition) is 5. The summed E-state index contributed by atoms with van der Waals surface area (Å²) in [5, 5.41) is 7.68. The highest BCUT2D eigenvalue weighted by Crippen LogP contribution is 2.30. The zero-order chi connectivity index (χ0) is 22.1. The van der Waals surface area contributed by atoms with Gasteiger partial charge in [-0.25, -0.2) is 9.97 Å². The molecule has 172 valence electrons. The topological polar surface area (TPSA) is 71.4 Å². The normalized spacial score (nSPS) is 11.6. The van der Waals surface area contributed by atoms with Gasteiger partial charge in [-0.1, -0.05) is 36.4 Å². The fourth-order valence-corrected chi connectivity index (χ4v) is 3.46. The van der Waals surface area contributed by atoms with Crippen LogP contribution in [-0.2, 0) is 25.7 Å². The Morgan fingerprint density at radius 2 is 1.91 bits per heavy atom. The first-order valence-electron chi connectivity index (χ1n) is 9.52. The van der Waals surface area contributed by atoms with E-state index < -0.39 is 11.9 Å². The molecule has 6 nitrogen and oxygen atoms in total. The maximum atomic E-state index is 12.6. The molecule has 0 fully saturated rings. The number of nitrogens with one attached hydrogen (secondary N) is 2. The van der Waals surface area contributed by atoms with Gasteiger partial charge in [-0.05, 0) is 11.6 Å². The number of halogens is 4. The molecule has 3 rings (SSSR count). The van der Waals surface area contributed by atoms with E-state index in [4.69, 9.17) is 4.74 Å². The first kappa shape index (κ1) is 25.8. The lowest BCUT2D eigenvalue weighted by atomic mass is 10.2. The van der Waals surface area contributed by atoms with E-state index in [9.17, 15) is 13.2 Å². The first-order valence-corrected chi connectivity index (χ1v) is 10.4. The molecule has 0 aliphatic heterocycles. The molecule has 0 radical (unpaired) electrons. The van der Waals surface area contributed by atoms with Gasteiger partial charge < -0.3 is 15.4 Å². The van der Waals surface area contributed by atoms with Crippen LogP contribution in [0.25, 0.3) is 0 Å². The average molecular weight is 577 g/mol. The Kier molecular flexibility index (Phi) is 10.2. The van der Waals surface area contributed by atoms with Crippen molar-refractivity contribution in [1.29, 1.82) is 0 Å². The molecule has 0 aliphatic rings. The van der Waals surface area contributed by atoms with Crippen LogP contribution in [0.2, 0.25) is 0 Å². The maximum absolute atomic E-state index is 12.6. The van der Waals surface area contributed by atoms with Gasteiger partial charge >= 0.3 is 6.18 Å². The Bertz CT molecular complexity index is 998. The van der Waals surface area contributed by atoms with Crippen LogP contribution in [0.15, 0.2) is 59.0 Å². The summed E-state index contributed by atoms with van der Waals surface area (Å²) in [6.07, 6.45) is -2.39. The standard InChI is InChI=1S/C21H22F3N5OS.HI/c1-25-20(27-11-9-18-29-17(14-31-18)21(22,23)24)28-12-16-8-5-10-26-19(16)30-13-15-6-3-2-4-7-15;/h2-8,10,14H,9,11-13H2,1H3,(H2,25,27,28);1H. The second kappa shape index (κ2) is 12.6. The highest BCUT2D eigenvalue weighted by molar-refractivity contribution is 14.0. The molecule has 0 spiro atoms. The summed E-state index contributed by atoms with van der Waals surface area (Å²) < 4.78 is 43.8. The number of aliphatic imine (C=N–C) groups is 1. The number of hydrogen-bond donors (Lipinski definition) is 2. The van der Waals surface area contributed by atoms with Crippen molar-refractivity contribution in [1.82, 2.24) is 20.6 Å². The Hall–Kier alpha value is -2.41. The van der Waals surface area contributed by atoms with E-state index in [-0.39, 0.29) is 24.0 Å². The van der Waals surface area contributed by atoms with Crippen LogP contribution in [0.1, 0.15) is 21.8 Å². The molecule has 3 aromatic rings. The predicted octanol–water partition coefficient (Wildman–Crippen LogP) is 4.66. The third-order valence-corrected chi connectivity index (χ3v) is 5.12. The summed E-state index contributed by atoms with van der Waals surface area (Å²) in [6, 6.07) is 13.5. The van der Waals surface area contributed by atoms with Crippen LogP contribution in [0.5, 0.6) is 5.88 Å². The van der Waals surface area contributed by atoms with Crippen LogP contribution in [0.3, 0.4) is 0 Å². The molecular formula is C21H23F3IN5OS. The third kappa shape index (κ3) is 7.93. The van der Waals surface area contributed by atoms with Gasteiger partial charge in [0.1, 0.15) is 6.61 Å². The number of rotatable bonds is 8. The molecule has 0 atom stereocenters. The number of thiazole rings is 1. The average Bonchev–Trinajstić information content (AvgIpc) is 3.25. The van der Waals surface area contributed by atoms with E-state index in [0.29, 0.717) is 43.0 Å². The summed E-state index contributed by atoms with van der Waals surface area (Å²) in [5.74, 6) is 1.04. The summed E-state index contributed by atoms with van der Waals surface area (Å²) in [7, 11) is 1.62. The van der Waals surface area contributed by atoms with E-state index >= 15 is 0 Å². The third-order valence-electron chi connectivity index (χ3n) is 4.21. The summed E-state index contributed by atoms with van der Waals surface area (Å²) in [6.45, 7) is 1.23. The van der Waals surface area contributed by atoms with E-state index in [2.05, 4.69) is 25.6 Å². The lowest BCUT2D eigenvalue weighted by Gasteiger charge is -2.14. The number of pyridine rings is 1. The Balaban J connectivity index is 0.00000363. The second-order valence-electron chi connectivity index (χ2n) is 6.47. The number of alkyl halides is 3. The van der Waals surface area contributed by atoms with Crippen molar-refractivity contribution in [3.05, 3.63) is 75.9 Å². The molecule has 11 heteroatoms. The van der Waals surface area contributed by atoms with Gasteiger partial charge in [-0.15, -0.1) is 35.3 Å². The van der Waals surface area contributed by atoms with Gasteiger partial charge in [-0.3, -0.25) is 4.99 Å². The summed E-state index contributed by atoms with van der Waals surface area (Å²) in [4.78, 5) is 12.1. The molecule has 2 N–H and O–H groups in total. The largest absolute Gasteiger partial charge is 0.473 e. The minimum Gasteiger partial charge on any atom is -0.473 e. The van der Waals surface area contributed by atoms with Gasteiger partial charge in [0.05, 0.1) is 5.01 Å². The SMILES string of the molecule is CN=C(NCCc1nc(C(F)(F)F)cs1)NCc1cccnc1OCc1ccccc1.I. The Labute approximate surface area is 205 Å². The van der Waals surface area contributed by atoms with Crippen molar-refractivity contribution in [2.75, 3.05) is 13.6 Å². The van der Waals surface area contributed by atoms with Gasteiger partial charge in [-0.2, -0.15) is 13.2 Å². The van der Waals surface area contributed by atoms with Crippen molar-refractivity contribution in [2.45, 2.75) is 25.7 Å². The van der Waals surface area contributed by atoms with Crippen molar-refractivity contribution in [3.63, 3.8) is 0 Å². The molecule has 2 aromatic heterocycles. The molecule has 2 heterocycles. The highest BCUT2D eigenvalue weighted by atomic mass is 127. The number of benzene rings is 1. The molecule has 1 aromatic carbocycles. The molecule has 0 bridgehead atoms. The number of ether oxygens (including phenoxy) is 1. The number of guanidine groups is 1. The van der Waals surface area contributed by atoms with Gasteiger partial charge in [0, 0.05) is 43.7 Å². The van der Waals surface area contributed by atoms with Crippen molar-refractivity contribution >= 4 is 41.3 Å². The Morgan fingerprint density at radius 3 is 2.59 bits per heavy atom. The van der Waals surface area contributed by atoms with Crippen molar-refractivity contribution in [3.8, 4) is 5.88 Å². The van der Waals surface area contributed by atoms with E-state index in [0.717, 1.165) is 27.8 Å². The first-order chi connectivity index (χ1) is 15.0. The fourth-order valence-electron chi connectivity index (χ4n) is 2.66. The van der Waals surface area contributed by atoms with Crippen molar-refractivity contribution in [2.24, 2.45) is 4.99 Å². The number of aromatic nitrogens is 2. The quantitative estimate of drug-likeness (QED) is 0.232. The minimum absolute atomic E-state index is 0. The number of nitrogens with zero attached hydrogens (tertiary/aromatic N) is 3. The lowest BCUT2D eigenvalue weighted by Crippen LogP contribution is -2.38. The molecule has 0 aliphatic carbocycles. The van der Waals surface area contributed by atoms with Crippen LogP contribution >= 0.6 is 35.3 Å². The minimum atomic E-state index is -4.41. The fraction of sp³-hybridized carbons (Fsp3) is 0.286. The van der Waals surface area contributed by atoms with Crippen LogP contribution in [0.4, 0.5) is 13.2 Å². The molecule has 0 saturated carbocycles. The van der Waals surface area contributed by atoms with Crippen molar-refractivity contribution < 1.29 is 17.9 Å². The van der Waals surface area contributed by atoms with E-state index in [1.165, 1.54) is 0 Å². The van der Waals surface area contributed by atoms with E-state index in [1.807, 2.05) is 42.5 Å². The molecule has 0 unspecified atom stereocenters. The molecular weight excluding hydrogens is 554 g/mol. The lowest BCUT2D eigenvalue weighted by molar-refractivity contribution is -0.140. The van der Waals surface area contributed by atoms with Crippen LogP contribution in [-0.4, -0.2) is 29.5 Å².